The molecule has 1 aromatic rings. The SMILES string of the molecule is Cc1csc(C(=O)N(C)CCC(C)Cl)c1Cl. The fraction of sp³-hybridized carbons (Fsp3) is 0.545. The number of hydrogen-bond acceptors (Lipinski definition) is 2. The van der Waals surface area contributed by atoms with Crippen LogP contribution in [-0.2, 0) is 0 Å². The molecule has 0 bridgehead atoms. The van der Waals surface area contributed by atoms with Crippen molar-refractivity contribution in [2.75, 3.05) is 13.6 Å². The van der Waals surface area contributed by atoms with Crippen LogP contribution in [0.2, 0.25) is 5.02 Å². The minimum absolute atomic E-state index is 0.0274. The highest BCUT2D eigenvalue weighted by atomic mass is 35.5. The molecule has 0 aliphatic rings. The van der Waals surface area contributed by atoms with Gasteiger partial charge in [-0.3, -0.25) is 4.79 Å². The summed E-state index contributed by atoms with van der Waals surface area (Å²) in [6.07, 6.45) is 0.784. The lowest BCUT2D eigenvalue weighted by atomic mass is 10.3. The molecule has 0 saturated carbocycles. The topological polar surface area (TPSA) is 20.3 Å². The molecule has 0 aliphatic heterocycles. The molecule has 16 heavy (non-hydrogen) atoms. The summed E-state index contributed by atoms with van der Waals surface area (Å²) in [4.78, 5) is 14.3. The monoisotopic (exact) mass is 279 g/mol. The quantitative estimate of drug-likeness (QED) is 0.768. The van der Waals surface area contributed by atoms with Crippen molar-refractivity contribution >= 4 is 40.4 Å². The van der Waals surface area contributed by atoms with Crippen LogP contribution in [0.15, 0.2) is 5.38 Å². The second kappa shape index (κ2) is 5.89. The van der Waals surface area contributed by atoms with Crippen LogP contribution in [0.5, 0.6) is 0 Å². The lowest BCUT2D eigenvalue weighted by Crippen LogP contribution is -2.28. The van der Waals surface area contributed by atoms with Crippen molar-refractivity contribution in [2.45, 2.75) is 25.6 Å². The summed E-state index contributed by atoms with van der Waals surface area (Å²) in [6, 6.07) is 0. The molecule has 0 aliphatic carbocycles. The third kappa shape index (κ3) is 3.37. The van der Waals surface area contributed by atoms with Crippen molar-refractivity contribution in [3.8, 4) is 0 Å². The molecule has 1 heterocycles. The molecule has 1 amide bonds. The van der Waals surface area contributed by atoms with Crippen LogP contribution < -0.4 is 0 Å². The Hall–Kier alpha value is -0.250. The van der Waals surface area contributed by atoms with E-state index in [4.69, 9.17) is 23.2 Å². The molecule has 0 radical (unpaired) electrons. The van der Waals surface area contributed by atoms with Crippen LogP contribution >= 0.6 is 34.5 Å². The van der Waals surface area contributed by atoms with E-state index in [1.807, 2.05) is 19.2 Å². The van der Waals surface area contributed by atoms with E-state index in [-0.39, 0.29) is 11.3 Å². The first-order chi connectivity index (χ1) is 7.43. The number of hydrogen-bond donors (Lipinski definition) is 0. The zero-order valence-corrected chi connectivity index (χ0v) is 11.9. The molecule has 0 spiro atoms. The third-order valence-electron chi connectivity index (χ3n) is 2.30. The van der Waals surface area contributed by atoms with E-state index in [1.54, 1.807) is 11.9 Å². The van der Waals surface area contributed by atoms with Crippen LogP contribution in [0, 0.1) is 6.92 Å². The molecule has 1 aromatic heterocycles. The van der Waals surface area contributed by atoms with Gasteiger partial charge in [-0.25, -0.2) is 0 Å². The molecule has 0 N–H and O–H groups in total. The summed E-state index contributed by atoms with van der Waals surface area (Å²) in [7, 11) is 1.77. The average Bonchev–Trinajstić information content (AvgIpc) is 2.55. The highest BCUT2D eigenvalue weighted by Crippen LogP contribution is 2.28. The van der Waals surface area contributed by atoms with Gasteiger partial charge in [0.1, 0.15) is 4.88 Å². The van der Waals surface area contributed by atoms with Gasteiger partial charge in [0.25, 0.3) is 5.91 Å². The van der Waals surface area contributed by atoms with E-state index in [9.17, 15) is 4.79 Å². The van der Waals surface area contributed by atoms with E-state index in [0.717, 1.165) is 12.0 Å². The largest absolute Gasteiger partial charge is 0.341 e. The van der Waals surface area contributed by atoms with Gasteiger partial charge >= 0.3 is 0 Å². The number of carbonyl (C=O) groups is 1. The number of rotatable bonds is 4. The molecule has 2 nitrogen and oxygen atoms in total. The van der Waals surface area contributed by atoms with Crippen molar-refractivity contribution < 1.29 is 4.79 Å². The number of alkyl halides is 1. The fourth-order valence-corrected chi connectivity index (χ4v) is 2.59. The summed E-state index contributed by atoms with van der Waals surface area (Å²) in [5, 5.41) is 2.55. The molecular formula is C11H15Cl2NOS. The van der Waals surface area contributed by atoms with Crippen molar-refractivity contribution in [1.29, 1.82) is 0 Å². The Morgan fingerprint density at radius 1 is 1.62 bits per heavy atom. The standard InChI is InChI=1S/C11H15Cl2NOS/c1-7-6-16-10(9(7)13)11(15)14(3)5-4-8(2)12/h6,8H,4-5H2,1-3H3. The first-order valence-electron chi connectivity index (χ1n) is 5.06. The lowest BCUT2D eigenvalue weighted by molar-refractivity contribution is 0.0798. The molecule has 0 fully saturated rings. The summed E-state index contributed by atoms with van der Waals surface area (Å²) in [5.74, 6) is -0.0274. The fourth-order valence-electron chi connectivity index (χ4n) is 1.22. The smallest absolute Gasteiger partial charge is 0.265 e. The number of halogens is 2. The van der Waals surface area contributed by atoms with E-state index in [0.29, 0.717) is 16.4 Å². The molecule has 90 valence electrons. The molecular weight excluding hydrogens is 265 g/mol. The van der Waals surface area contributed by atoms with Crippen molar-refractivity contribution in [1.82, 2.24) is 4.90 Å². The van der Waals surface area contributed by atoms with Crippen LogP contribution in [-0.4, -0.2) is 29.8 Å². The van der Waals surface area contributed by atoms with Gasteiger partial charge in [0.15, 0.2) is 0 Å². The summed E-state index contributed by atoms with van der Waals surface area (Å²) in [5.41, 5.74) is 0.953. The molecule has 1 rings (SSSR count). The maximum absolute atomic E-state index is 12.0. The molecule has 5 heteroatoms. The average molecular weight is 280 g/mol. The predicted molar refractivity (Wildman–Crippen MR) is 71.0 cm³/mol. The van der Waals surface area contributed by atoms with E-state index in [2.05, 4.69) is 0 Å². The normalized spacial score (nSPS) is 12.6. The first kappa shape index (κ1) is 13.8. The summed E-state index contributed by atoms with van der Waals surface area (Å²) in [6.45, 7) is 4.47. The number of nitrogens with zero attached hydrogens (tertiary/aromatic N) is 1. The number of amides is 1. The Bertz CT molecular complexity index is 376. The Balaban J connectivity index is 2.67. The van der Waals surface area contributed by atoms with E-state index >= 15 is 0 Å². The third-order valence-corrected chi connectivity index (χ3v) is 4.21. The van der Waals surface area contributed by atoms with Crippen LogP contribution in [0.4, 0.5) is 0 Å². The second-order valence-electron chi connectivity index (χ2n) is 3.86. The highest BCUT2D eigenvalue weighted by molar-refractivity contribution is 7.13. The lowest BCUT2D eigenvalue weighted by Gasteiger charge is -2.17. The minimum Gasteiger partial charge on any atom is -0.341 e. The van der Waals surface area contributed by atoms with Gasteiger partial charge in [-0.15, -0.1) is 22.9 Å². The van der Waals surface area contributed by atoms with E-state index in [1.165, 1.54) is 11.3 Å². The summed E-state index contributed by atoms with van der Waals surface area (Å²) < 4.78 is 0. The zero-order chi connectivity index (χ0) is 12.3. The van der Waals surface area contributed by atoms with Crippen LogP contribution in [0.1, 0.15) is 28.6 Å². The van der Waals surface area contributed by atoms with Gasteiger partial charge in [-0.1, -0.05) is 11.6 Å². The van der Waals surface area contributed by atoms with Crippen molar-refractivity contribution in [2.24, 2.45) is 0 Å². The van der Waals surface area contributed by atoms with Crippen molar-refractivity contribution in [3.05, 3.63) is 20.8 Å². The van der Waals surface area contributed by atoms with Crippen LogP contribution in [0.25, 0.3) is 0 Å². The highest BCUT2D eigenvalue weighted by Gasteiger charge is 2.18. The van der Waals surface area contributed by atoms with Gasteiger partial charge in [0.2, 0.25) is 0 Å². The molecule has 0 saturated heterocycles. The number of aryl methyl sites for hydroxylation is 1. The van der Waals surface area contributed by atoms with Gasteiger partial charge in [0.05, 0.1) is 5.02 Å². The molecule has 1 unspecified atom stereocenters. The number of carbonyl (C=O) groups excluding carboxylic acids is 1. The maximum atomic E-state index is 12.0. The Morgan fingerprint density at radius 3 is 2.69 bits per heavy atom. The van der Waals surface area contributed by atoms with Gasteiger partial charge in [-0.05, 0) is 31.2 Å². The Kier molecular flexibility index (Phi) is 5.09. The minimum atomic E-state index is -0.0274. The molecule has 0 aromatic carbocycles. The van der Waals surface area contributed by atoms with Crippen molar-refractivity contribution in [3.63, 3.8) is 0 Å². The zero-order valence-electron chi connectivity index (χ0n) is 9.59. The maximum Gasteiger partial charge on any atom is 0.265 e. The van der Waals surface area contributed by atoms with Crippen LogP contribution in [0.3, 0.4) is 0 Å². The second-order valence-corrected chi connectivity index (χ2v) is 5.86. The summed E-state index contributed by atoms with van der Waals surface area (Å²) >= 11 is 13.3. The number of thiophene rings is 1. The van der Waals surface area contributed by atoms with Gasteiger partial charge in [-0.2, -0.15) is 0 Å². The Labute approximate surface area is 110 Å². The molecule has 1 atom stereocenters. The van der Waals surface area contributed by atoms with Gasteiger partial charge < -0.3 is 4.90 Å². The predicted octanol–water partition coefficient (Wildman–Crippen LogP) is 3.80. The Morgan fingerprint density at radius 2 is 2.25 bits per heavy atom. The first-order valence-corrected chi connectivity index (χ1v) is 6.76. The van der Waals surface area contributed by atoms with Gasteiger partial charge in [0, 0.05) is 19.0 Å². The van der Waals surface area contributed by atoms with E-state index < -0.39 is 0 Å².